The zero-order valence-corrected chi connectivity index (χ0v) is 21.7. The second-order valence-corrected chi connectivity index (χ2v) is 10.6. The lowest BCUT2D eigenvalue weighted by Crippen LogP contribution is -2.47. The first-order valence-electron chi connectivity index (χ1n) is 12.1. The minimum atomic E-state index is -0.763. The molecular weight excluding hydrogens is 506 g/mol. The summed E-state index contributed by atoms with van der Waals surface area (Å²) in [7, 11) is 1.69. The van der Waals surface area contributed by atoms with Gasteiger partial charge < -0.3 is 15.0 Å². The fraction of sp³-hybridized carbons (Fsp3) is 0.393. The van der Waals surface area contributed by atoms with Crippen molar-refractivity contribution in [3.05, 3.63) is 92.1 Å². The van der Waals surface area contributed by atoms with Crippen molar-refractivity contribution < 1.29 is 9.53 Å². The normalized spacial score (nSPS) is 19.4. The van der Waals surface area contributed by atoms with Crippen molar-refractivity contribution in [2.75, 3.05) is 20.2 Å². The predicted octanol–water partition coefficient (Wildman–Crippen LogP) is 5.18. The van der Waals surface area contributed by atoms with Crippen LogP contribution in [0.5, 0.6) is 5.75 Å². The Morgan fingerprint density at radius 1 is 1.17 bits per heavy atom. The molecule has 0 N–H and O–H groups in total. The number of ether oxygens (including phenoxy) is 1. The van der Waals surface area contributed by atoms with Crippen LogP contribution in [0.1, 0.15) is 52.3 Å². The van der Waals surface area contributed by atoms with E-state index >= 15 is 0 Å². The Kier molecular flexibility index (Phi) is 6.75. The molecule has 1 unspecified atom stereocenters. The summed E-state index contributed by atoms with van der Waals surface area (Å²) in [6.45, 7) is 2.73. The number of piperidine rings is 1. The van der Waals surface area contributed by atoms with Crippen LogP contribution in [0, 0.1) is 17.5 Å². The predicted molar refractivity (Wildman–Crippen MR) is 138 cm³/mol. The lowest BCUT2D eigenvalue weighted by molar-refractivity contribution is -0.131. The summed E-state index contributed by atoms with van der Waals surface area (Å²) in [5, 5.41) is 13.4. The van der Waals surface area contributed by atoms with E-state index in [0.29, 0.717) is 32.4 Å². The molecule has 0 bridgehead atoms. The molecule has 7 heteroatoms. The Morgan fingerprint density at radius 3 is 2.60 bits per heavy atom. The van der Waals surface area contributed by atoms with Crippen molar-refractivity contribution in [1.29, 1.82) is 0 Å². The molecule has 0 spiro atoms. The molecule has 3 aromatic rings. The highest BCUT2D eigenvalue weighted by Crippen LogP contribution is 2.54. The van der Waals surface area contributed by atoms with Crippen LogP contribution >= 0.6 is 15.9 Å². The quantitative estimate of drug-likeness (QED) is 0.448. The lowest BCUT2D eigenvalue weighted by atomic mass is 9.61. The molecule has 1 saturated heterocycles. The van der Waals surface area contributed by atoms with Crippen molar-refractivity contribution in [2.45, 2.75) is 44.9 Å². The molecule has 2 aromatic heterocycles. The van der Waals surface area contributed by atoms with Crippen LogP contribution < -0.4 is 4.74 Å². The summed E-state index contributed by atoms with van der Waals surface area (Å²) in [6, 6.07) is 10.2. The molecule has 1 aliphatic heterocycles. The van der Waals surface area contributed by atoms with E-state index in [1.807, 2.05) is 18.3 Å². The van der Waals surface area contributed by atoms with E-state index in [0.717, 1.165) is 56.1 Å². The molecule has 1 aromatic carbocycles. The van der Waals surface area contributed by atoms with Crippen LogP contribution in [0.2, 0.25) is 0 Å². The van der Waals surface area contributed by atoms with E-state index < -0.39 is 5.41 Å². The second kappa shape index (κ2) is 9.80. The Morgan fingerprint density at radius 2 is 1.89 bits per heavy atom. The van der Waals surface area contributed by atoms with Gasteiger partial charge in [0.1, 0.15) is 11.5 Å². The summed E-state index contributed by atoms with van der Waals surface area (Å²) in [6.07, 6.45) is 8.21. The number of methoxy groups -OCH3 is 1. The number of hydrogen-bond donors (Lipinski definition) is 0. The maximum Gasteiger partial charge on any atom is 0.144 e. The van der Waals surface area contributed by atoms with Gasteiger partial charge in [0.15, 0.2) is 0 Å². The third-order valence-electron chi connectivity index (χ3n) is 7.62. The number of halogens is 1. The molecule has 1 aliphatic carbocycles. The first-order chi connectivity index (χ1) is 16.9. The van der Waals surface area contributed by atoms with E-state index in [9.17, 15) is 10.0 Å². The number of hydroxylamine groups is 2. The smallest absolute Gasteiger partial charge is 0.144 e. The second-order valence-electron chi connectivity index (χ2n) is 9.71. The number of carbonyl (C=O) groups excluding carboxylic acids is 1. The van der Waals surface area contributed by atoms with Gasteiger partial charge in [0.05, 0.1) is 12.8 Å². The molecule has 6 nitrogen and oxygen atoms in total. The standard InChI is InChI=1S/C28H29BrN3O3/c1-18-13-20-3-4-21-16-22(29)17-31-27(21)26(25(20)23(14-18)35-2)28(7-11-32(34)12-8-28)24(33)15-19-5-9-30-10-6-19/h5-6,9-10,13-14,16-17,26H,3-4,7-8,11-12,15H2,1-2H3/q-1. The molecule has 5 rings (SSSR count). The number of aromatic nitrogens is 2. The molecule has 0 amide bonds. The monoisotopic (exact) mass is 534 g/mol. The van der Waals surface area contributed by atoms with Crippen LogP contribution in [0.25, 0.3) is 0 Å². The molecule has 182 valence electrons. The third-order valence-corrected chi connectivity index (χ3v) is 8.06. The number of aryl methyl sites for hydroxylation is 3. The third kappa shape index (κ3) is 4.53. The van der Waals surface area contributed by atoms with Gasteiger partial charge in [-0.05, 0) is 108 Å². The number of fused-ring (bicyclic) bond motifs is 2. The summed E-state index contributed by atoms with van der Waals surface area (Å²) >= 11 is 3.59. The van der Waals surface area contributed by atoms with Gasteiger partial charge in [-0.15, -0.1) is 0 Å². The van der Waals surface area contributed by atoms with Crippen molar-refractivity contribution in [1.82, 2.24) is 15.0 Å². The van der Waals surface area contributed by atoms with Gasteiger partial charge in [-0.1, -0.05) is 6.07 Å². The largest absolute Gasteiger partial charge is 0.785 e. The highest BCUT2D eigenvalue weighted by molar-refractivity contribution is 9.10. The summed E-state index contributed by atoms with van der Waals surface area (Å²) < 4.78 is 6.87. The SMILES string of the molecule is COc1cc(C)cc2c1C(C1(C(=O)Cc3ccncc3)CCN([O-])CC1)c1ncc(Br)cc1CC2. The average molecular weight is 535 g/mol. The number of Topliss-reactive ketones (excluding diaryl/α,β-unsaturated/α-hetero) is 1. The maximum atomic E-state index is 14.3. The van der Waals surface area contributed by atoms with Crippen molar-refractivity contribution in [2.24, 2.45) is 5.41 Å². The molecule has 1 fully saturated rings. The Balaban J connectivity index is 1.74. The van der Waals surface area contributed by atoms with Crippen molar-refractivity contribution >= 4 is 21.7 Å². The van der Waals surface area contributed by atoms with Gasteiger partial charge in [0, 0.05) is 46.4 Å². The first-order valence-corrected chi connectivity index (χ1v) is 12.9. The van der Waals surface area contributed by atoms with Gasteiger partial charge in [-0.3, -0.25) is 14.8 Å². The number of benzene rings is 1. The molecule has 2 aliphatic rings. The summed E-state index contributed by atoms with van der Waals surface area (Å²) in [5.74, 6) is 0.651. The minimum Gasteiger partial charge on any atom is -0.785 e. The Labute approximate surface area is 214 Å². The van der Waals surface area contributed by atoms with E-state index in [4.69, 9.17) is 9.72 Å². The van der Waals surface area contributed by atoms with Crippen LogP contribution in [-0.2, 0) is 24.1 Å². The summed E-state index contributed by atoms with van der Waals surface area (Å²) in [5.41, 5.74) is 5.61. The topological polar surface area (TPSA) is 78.4 Å². The molecule has 1 atom stereocenters. The van der Waals surface area contributed by atoms with E-state index in [1.54, 1.807) is 19.5 Å². The fourth-order valence-electron chi connectivity index (χ4n) is 5.91. The first kappa shape index (κ1) is 24.1. The van der Waals surface area contributed by atoms with Gasteiger partial charge in [0.2, 0.25) is 0 Å². The van der Waals surface area contributed by atoms with Crippen molar-refractivity contribution in [3.63, 3.8) is 0 Å². The zero-order valence-electron chi connectivity index (χ0n) is 20.1. The zero-order chi connectivity index (χ0) is 24.6. The van der Waals surface area contributed by atoms with Gasteiger partial charge in [-0.2, -0.15) is 0 Å². The van der Waals surface area contributed by atoms with E-state index in [2.05, 4.69) is 46.0 Å². The van der Waals surface area contributed by atoms with Gasteiger partial charge >= 0.3 is 0 Å². The molecule has 0 radical (unpaired) electrons. The van der Waals surface area contributed by atoms with E-state index in [1.165, 1.54) is 5.56 Å². The highest BCUT2D eigenvalue weighted by Gasteiger charge is 2.50. The molecule has 35 heavy (non-hydrogen) atoms. The minimum absolute atomic E-state index is 0.146. The molecular formula is C28H29BrN3O3-. The number of hydrogen-bond acceptors (Lipinski definition) is 6. The maximum absolute atomic E-state index is 14.3. The van der Waals surface area contributed by atoms with Gasteiger partial charge in [0.25, 0.3) is 0 Å². The average Bonchev–Trinajstić information content (AvgIpc) is 3.01. The van der Waals surface area contributed by atoms with Crippen LogP contribution in [0.4, 0.5) is 0 Å². The number of carbonyl (C=O) groups is 1. The highest BCUT2D eigenvalue weighted by atomic mass is 79.9. The van der Waals surface area contributed by atoms with Crippen LogP contribution in [0.15, 0.2) is 53.4 Å². The number of nitrogens with zero attached hydrogens (tertiary/aromatic N) is 3. The molecule has 3 heterocycles. The van der Waals surface area contributed by atoms with Crippen LogP contribution in [0.3, 0.4) is 0 Å². The number of ketones is 1. The lowest BCUT2D eigenvalue weighted by Gasteiger charge is -2.48. The Hall–Kier alpha value is -2.61. The number of rotatable bonds is 5. The van der Waals surface area contributed by atoms with E-state index in [-0.39, 0.29) is 11.7 Å². The number of pyridine rings is 2. The summed E-state index contributed by atoms with van der Waals surface area (Å²) in [4.78, 5) is 23.4. The van der Waals surface area contributed by atoms with Gasteiger partial charge in [-0.25, -0.2) is 0 Å². The van der Waals surface area contributed by atoms with Crippen molar-refractivity contribution in [3.8, 4) is 5.75 Å². The van der Waals surface area contributed by atoms with Crippen LogP contribution in [-0.4, -0.2) is 41.0 Å². The molecule has 0 saturated carbocycles. The fourth-order valence-corrected chi connectivity index (χ4v) is 6.29. The Bertz CT molecular complexity index is 1240.